The van der Waals surface area contributed by atoms with Gasteiger partial charge in [0.25, 0.3) is 0 Å². The van der Waals surface area contributed by atoms with Crippen molar-refractivity contribution in [1.29, 1.82) is 0 Å². The third kappa shape index (κ3) is 1.67. The molecule has 2 rings (SSSR count). The van der Waals surface area contributed by atoms with Gasteiger partial charge in [0.1, 0.15) is 0 Å². The Bertz CT molecular complexity index is 260. The van der Waals surface area contributed by atoms with Crippen LogP contribution >= 0.6 is 0 Å². The fourth-order valence-corrected chi connectivity index (χ4v) is 1.39. The minimum atomic E-state index is 0.215. The fraction of sp³-hybridized carbons (Fsp3) is 0.667. The first-order valence-corrected chi connectivity index (χ1v) is 4.53. The molecule has 0 spiro atoms. The quantitative estimate of drug-likeness (QED) is 0.729. The second kappa shape index (κ2) is 2.90. The molecule has 1 aliphatic carbocycles. The maximum absolute atomic E-state index is 5.68. The third-order valence-corrected chi connectivity index (χ3v) is 2.15. The molecule has 12 heavy (non-hydrogen) atoms. The summed E-state index contributed by atoms with van der Waals surface area (Å²) in [6.45, 7) is 2.01. The van der Waals surface area contributed by atoms with Gasteiger partial charge in [-0.25, -0.2) is 4.98 Å². The van der Waals surface area contributed by atoms with E-state index < -0.39 is 0 Å². The molecule has 1 saturated carbocycles. The van der Waals surface area contributed by atoms with Gasteiger partial charge in [-0.15, -0.1) is 0 Å². The van der Waals surface area contributed by atoms with Crippen LogP contribution in [-0.2, 0) is 6.42 Å². The molecule has 1 aliphatic rings. The van der Waals surface area contributed by atoms with Gasteiger partial charge in [-0.05, 0) is 19.8 Å². The average Bonchev–Trinajstić information content (AvgIpc) is 2.73. The van der Waals surface area contributed by atoms with Gasteiger partial charge in [-0.2, -0.15) is 0 Å². The first kappa shape index (κ1) is 7.80. The fourth-order valence-electron chi connectivity index (χ4n) is 1.39. The largest absolute Gasteiger partial charge is 0.334 e. The SMILES string of the molecule is CC(N)Cc1cn(C2CC2)cn1. The van der Waals surface area contributed by atoms with Crippen molar-refractivity contribution < 1.29 is 0 Å². The second-order valence-corrected chi connectivity index (χ2v) is 3.72. The van der Waals surface area contributed by atoms with Crippen molar-refractivity contribution in [1.82, 2.24) is 9.55 Å². The summed E-state index contributed by atoms with van der Waals surface area (Å²) in [7, 11) is 0. The normalized spacial score (nSPS) is 19.5. The van der Waals surface area contributed by atoms with Crippen LogP contribution in [0.15, 0.2) is 12.5 Å². The summed E-state index contributed by atoms with van der Waals surface area (Å²) in [5.41, 5.74) is 6.80. The van der Waals surface area contributed by atoms with E-state index in [9.17, 15) is 0 Å². The Kier molecular flexibility index (Phi) is 1.89. The van der Waals surface area contributed by atoms with Gasteiger partial charge in [0.05, 0.1) is 12.0 Å². The predicted octanol–water partition coefficient (Wildman–Crippen LogP) is 1.11. The van der Waals surface area contributed by atoms with E-state index in [2.05, 4.69) is 15.7 Å². The summed E-state index contributed by atoms with van der Waals surface area (Å²) in [6, 6.07) is 0.951. The van der Waals surface area contributed by atoms with Gasteiger partial charge in [-0.1, -0.05) is 0 Å². The van der Waals surface area contributed by atoms with Gasteiger partial charge in [-0.3, -0.25) is 0 Å². The molecule has 66 valence electrons. The van der Waals surface area contributed by atoms with E-state index in [0.29, 0.717) is 0 Å². The van der Waals surface area contributed by atoms with E-state index in [1.807, 2.05) is 13.3 Å². The summed E-state index contributed by atoms with van der Waals surface area (Å²) in [6.07, 6.45) is 7.57. The minimum absolute atomic E-state index is 0.215. The van der Waals surface area contributed by atoms with Crippen LogP contribution in [0.2, 0.25) is 0 Å². The number of imidazole rings is 1. The molecule has 1 aromatic heterocycles. The molecule has 1 unspecified atom stereocenters. The van der Waals surface area contributed by atoms with E-state index in [0.717, 1.165) is 18.2 Å². The molecule has 0 radical (unpaired) electrons. The highest BCUT2D eigenvalue weighted by Crippen LogP contribution is 2.34. The number of nitrogens with zero attached hydrogens (tertiary/aromatic N) is 2. The Morgan fingerprint density at radius 2 is 2.50 bits per heavy atom. The zero-order valence-electron chi connectivity index (χ0n) is 7.40. The Morgan fingerprint density at radius 1 is 1.75 bits per heavy atom. The van der Waals surface area contributed by atoms with Crippen LogP contribution in [-0.4, -0.2) is 15.6 Å². The molecule has 1 atom stereocenters. The van der Waals surface area contributed by atoms with Gasteiger partial charge >= 0.3 is 0 Å². The van der Waals surface area contributed by atoms with E-state index >= 15 is 0 Å². The minimum Gasteiger partial charge on any atom is -0.334 e. The van der Waals surface area contributed by atoms with Gasteiger partial charge in [0.15, 0.2) is 0 Å². The van der Waals surface area contributed by atoms with Crippen LogP contribution in [0, 0.1) is 0 Å². The summed E-state index contributed by atoms with van der Waals surface area (Å²) in [5.74, 6) is 0. The van der Waals surface area contributed by atoms with Gasteiger partial charge in [0, 0.05) is 24.7 Å². The number of aromatic nitrogens is 2. The van der Waals surface area contributed by atoms with Crippen LogP contribution in [0.4, 0.5) is 0 Å². The highest BCUT2D eigenvalue weighted by molar-refractivity contribution is 5.01. The molecule has 1 heterocycles. The molecule has 2 N–H and O–H groups in total. The number of hydrogen-bond acceptors (Lipinski definition) is 2. The predicted molar refractivity (Wildman–Crippen MR) is 47.9 cm³/mol. The lowest BCUT2D eigenvalue weighted by Gasteiger charge is -1.99. The van der Waals surface area contributed by atoms with Crippen molar-refractivity contribution in [3.63, 3.8) is 0 Å². The Morgan fingerprint density at radius 3 is 3.08 bits per heavy atom. The zero-order chi connectivity index (χ0) is 8.55. The van der Waals surface area contributed by atoms with Crippen LogP contribution < -0.4 is 5.73 Å². The number of rotatable bonds is 3. The van der Waals surface area contributed by atoms with Gasteiger partial charge < -0.3 is 10.3 Å². The molecule has 1 aromatic rings. The van der Waals surface area contributed by atoms with Crippen molar-refractivity contribution in [2.24, 2.45) is 5.73 Å². The molecular weight excluding hydrogens is 150 g/mol. The lowest BCUT2D eigenvalue weighted by atomic mass is 10.2. The monoisotopic (exact) mass is 165 g/mol. The topological polar surface area (TPSA) is 43.8 Å². The molecular formula is C9H15N3. The van der Waals surface area contributed by atoms with E-state index in [-0.39, 0.29) is 6.04 Å². The van der Waals surface area contributed by atoms with Crippen molar-refractivity contribution in [3.05, 3.63) is 18.2 Å². The maximum Gasteiger partial charge on any atom is 0.0951 e. The Labute approximate surface area is 72.6 Å². The third-order valence-electron chi connectivity index (χ3n) is 2.15. The Balaban J connectivity index is 2.03. The summed E-state index contributed by atoms with van der Waals surface area (Å²) >= 11 is 0. The first-order chi connectivity index (χ1) is 5.75. The average molecular weight is 165 g/mol. The molecule has 0 saturated heterocycles. The molecule has 3 nitrogen and oxygen atoms in total. The maximum atomic E-state index is 5.68. The van der Waals surface area contributed by atoms with E-state index in [1.54, 1.807) is 0 Å². The van der Waals surface area contributed by atoms with Crippen molar-refractivity contribution in [3.8, 4) is 0 Å². The highest BCUT2D eigenvalue weighted by Gasteiger charge is 2.23. The molecule has 0 aromatic carbocycles. The summed E-state index contributed by atoms with van der Waals surface area (Å²) < 4.78 is 2.21. The Hall–Kier alpha value is -0.830. The first-order valence-electron chi connectivity index (χ1n) is 4.53. The second-order valence-electron chi connectivity index (χ2n) is 3.72. The van der Waals surface area contributed by atoms with E-state index in [1.165, 1.54) is 12.8 Å². The summed E-state index contributed by atoms with van der Waals surface area (Å²) in [4.78, 5) is 4.30. The highest BCUT2D eigenvalue weighted by atomic mass is 15.1. The molecule has 0 aliphatic heterocycles. The molecule has 3 heteroatoms. The molecule has 0 amide bonds. The van der Waals surface area contributed by atoms with Crippen LogP contribution in [0.5, 0.6) is 0 Å². The smallest absolute Gasteiger partial charge is 0.0951 e. The van der Waals surface area contributed by atoms with E-state index in [4.69, 9.17) is 5.73 Å². The lowest BCUT2D eigenvalue weighted by molar-refractivity contribution is 0.717. The number of hydrogen-bond donors (Lipinski definition) is 1. The number of nitrogens with two attached hydrogens (primary N) is 1. The standard InChI is InChI=1S/C9H15N3/c1-7(10)4-8-5-12(6-11-8)9-2-3-9/h5-7,9H,2-4,10H2,1H3. The molecule has 0 bridgehead atoms. The van der Waals surface area contributed by atoms with Crippen LogP contribution in [0.25, 0.3) is 0 Å². The van der Waals surface area contributed by atoms with Gasteiger partial charge in [0.2, 0.25) is 0 Å². The van der Waals surface area contributed by atoms with Crippen LogP contribution in [0.3, 0.4) is 0 Å². The molecule has 1 fully saturated rings. The van der Waals surface area contributed by atoms with Crippen molar-refractivity contribution >= 4 is 0 Å². The van der Waals surface area contributed by atoms with Crippen molar-refractivity contribution in [2.45, 2.75) is 38.3 Å². The summed E-state index contributed by atoms with van der Waals surface area (Å²) in [5, 5.41) is 0. The van der Waals surface area contributed by atoms with Crippen molar-refractivity contribution in [2.75, 3.05) is 0 Å². The lowest BCUT2D eigenvalue weighted by Crippen LogP contribution is -2.17. The zero-order valence-corrected chi connectivity index (χ0v) is 7.40. The van der Waals surface area contributed by atoms with Crippen LogP contribution in [0.1, 0.15) is 31.5 Å².